The maximum absolute atomic E-state index is 11.5. The molecule has 29 heavy (non-hydrogen) atoms. The Morgan fingerprint density at radius 3 is 2.55 bits per heavy atom. The largest absolute Gasteiger partial charge is 0.478 e. The number of carboxylic acid groups (broad SMARTS) is 1. The zero-order chi connectivity index (χ0) is 20.8. The Morgan fingerprint density at radius 1 is 1.17 bits per heavy atom. The molecule has 1 atom stereocenters. The highest BCUT2D eigenvalue weighted by atomic mass is 16.4. The first kappa shape index (κ1) is 20.5. The second-order valence-electron chi connectivity index (χ2n) is 7.17. The molecule has 0 saturated heterocycles. The molecule has 0 spiro atoms. The van der Waals surface area contributed by atoms with Gasteiger partial charge in [-0.3, -0.25) is 0 Å². The van der Waals surface area contributed by atoms with Crippen molar-refractivity contribution in [3.05, 3.63) is 83.5 Å². The van der Waals surface area contributed by atoms with E-state index in [-0.39, 0.29) is 0 Å². The Labute approximate surface area is 171 Å². The van der Waals surface area contributed by atoms with Gasteiger partial charge in [0.1, 0.15) is 5.82 Å². The summed E-state index contributed by atoms with van der Waals surface area (Å²) in [5, 5.41) is 14.1. The summed E-state index contributed by atoms with van der Waals surface area (Å²) in [6.45, 7) is 7.00. The quantitative estimate of drug-likeness (QED) is 0.529. The molecule has 1 aromatic heterocycles. The van der Waals surface area contributed by atoms with Gasteiger partial charge in [-0.1, -0.05) is 68.5 Å². The Bertz CT molecular complexity index is 1000. The number of hydrogen-bond acceptors (Lipinski definition) is 3. The molecule has 5 nitrogen and oxygen atoms in total. The molecular weight excluding hydrogens is 362 g/mol. The van der Waals surface area contributed by atoms with Crippen LogP contribution in [0.2, 0.25) is 0 Å². The molecule has 3 aromatic rings. The number of hydrogen-bond donors (Lipinski definition) is 1. The summed E-state index contributed by atoms with van der Waals surface area (Å²) in [5.74, 6) is 1.24. The van der Waals surface area contributed by atoms with Gasteiger partial charge in [0, 0.05) is 12.3 Å². The summed E-state index contributed by atoms with van der Waals surface area (Å²) in [6.07, 6.45) is 5.78. The van der Waals surface area contributed by atoms with Crippen LogP contribution in [0.1, 0.15) is 60.7 Å². The Balaban J connectivity index is 1.86. The van der Waals surface area contributed by atoms with Gasteiger partial charge in [0.2, 0.25) is 0 Å². The van der Waals surface area contributed by atoms with Crippen LogP contribution >= 0.6 is 0 Å². The van der Waals surface area contributed by atoms with Gasteiger partial charge in [-0.2, -0.15) is 5.10 Å². The molecule has 0 radical (unpaired) electrons. The van der Waals surface area contributed by atoms with Crippen molar-refractivity contribution in [2.24, 2.45) is 0 Å². The lowest BCUT2D eigenvalue weighted by Crippen LogP contribution is -2.05. The molecule has 1 unspecified atom stereocenters. The van der Waals surface area contributed by atoms with E-state index in [2.05, 4.69) is 19.9 Å². The van der Waals surface area contributed by atoms with Crippen LogP contribution in [-0.2, 0) is 13.0 Å². The lowest BCUT2D eigenvalue weighted by atomic mass is 9.98. The van der Waals surface area contributed by atoms with Gasteiger partial charge in [0.05, 0.1) is 12.1 Å². The minimum absolute atomic E-state index is 0.310. The number of benzene rings is 2. The molecule has 0 amide bonds. The minimum atomic E-state index is -0.917. The summed E-state index contributed by atoms with van der Waals surface area (Å²) in [7, 11) is 0. The lowest BCUT2D eigenvalue weighted by molar-refractivity contribution is 0.0697. The molecule has 3 rings (SSSR count). The summed E-state index contributed by atoms with van der Waals surface area (Å²) in [4.78, 5) is 16.3. The van der Waals surface area contributed by atoms with E-state index in [9.17, 15) is 9.90 Å². The second-order valence-corrected chi connectivity index (χ2v) is 7.17. The summed E-state index contributed by atoms with van der Waals surface area (Å²) < 4.78 is 1.97. The SMILES string of the molecule is CC=CCn1nc(C(C)CC)nc1Cc1ccc(-c2ccccc2C(=O)O)cc1. The zero-order valence-corrected chi connectivity index (χ0v) is 17.2. The summed E-state index contributed by atoms with van der Waals surface area (Å²) in [6, 6.07) is 15.1. The van der Waals surface area contributed by atoms with Crippen molar-refractivity contribution in [3.8, 4) is 11.1 Å². The van der Waals surface area contributed by atoms with E-state index in [0.717, 1.165) is 34.8 Å². The second kappa shape index (κ2) is 9.32. The van der Waals surface area contributed by atoms with E-state index < -0.39 is 5.97 Å². The average Bonchev–Trinajstić information content (AvgIpc) is 3.14. The van der Waals surface area contributed by atoms with E-state index in [4.69, 9.17) is 10.1 Å². The maximum atomic E-state index is 11.5. The van der Waals surface area contributed by atoms with Gasteiger partial charge in [0.15, 0.2) is 5.82 Å². The fraction of sp³-hybridized carbons (Fsp3) is 0.292. The van der Waals surface area contributed by atoms with Crippen molar-refractivity contribution in [2.75, 3.05) is 0 Å². The molecular formula is C24H27N3O2. The number of aromatic carboxylic acids is 1. The smallest absolute Gasteiger partial charge is 0.336 e. The number of nitrogens with zero attached hydrogens (tertiary/aromatic N) is 3. The Morgan fingerprint density at radius 2 is 1.90 bits per heavy atom. The fourth-order valence-corrected chi connectivity index (χ4v) is 3.17. The van der Waals surface area contributed by atoms with Crippen LogP contribution < -0.4 is 0 Å². The molecule has 0 aliphatic heterocycles. The Hall–Kier alpha value is -3.21. The van der Waals surface area contributed by atoms with Crippen LogP contribution in [0.15, 0.2) is 60.7 Å². The van der Waals surface area contributed by atoms with E-state index in [1.54, 1.807) is 12.1 Å². The first-order valence-corrected chi connectivity index (χ1v) is 9.99. The molecule has 2 aromatic carbocycles. The van der Waals surface area contributed by atoms with E-state index >= 15 is 0 Å². The molecule has 0 fully saturated rings. The zero-order valence-electron chi connectivity index (χ0n) is 17.2. The molecule has 0 aliphatic rings. The highest BCUT2D eigenvalue weighted by molar-refractivity contribution is 5.95. The minimum Gasteiger partial charge on any atom is -0.478 e. The topological polar surface area (TPSA) is 68.0 Å². The maximum Gasteiger partial charge on any atom is 0.336 e. The van der Waals surface area contributed by atoms with Gasteiger partial charge in [-0.15, -0.1) is 0 Å². The number of carboxylic acids is 1. The number of allylic oxidation sites excluding steroid dienone is 2. The molecule has 1 N–H and O–H groups in total. The van der Waals surface area contributed by atoms with Gasteiger partial charge >= 0.3 is 5.97 Å². The Kier molecular flexibility index (Phi) is 6.60. The van der Waals surface area contributed by atoms with Crippen LogP contribution in [0.5, 0.6) is 0 Å². The fourth-order valence-electron chi connectivity index (χ4n) is 3.17. The van der Waals surface area contributed by atoms with Crippen LogP contribution in [0, 0.1) is 0 Å². The highest BCUT2D eigenvalue weighted by Gasteiger charge is 2.15. The van der Waals surface area contributed by atoms with Crippen LogP contribution in [0.25, 0.3) is 11.1 Å². The van der Waals surface area contributed by atoms with Crippen molar-refractivity contribution in [1.29, 1.82) is 0 Å². The number of carbonyl (C=O) groups is 1. The lowest BCUT2D eigenvalue weighted by Gasteiger charge is -2.08. The highest BCUT2D eigenvalue weighted by Crippen LogP contribution is 2.25. The first-order valence-electron chi connectivity index (χ1n) is 9.99. The molecule has 0 bridgehead atoms. The van der Waals surface area contributed by atoms with E-state index in [1.165, 1.54) is 0 Å². The predicted molar refractivity (Wildman–Crippen MR) is 115 cm³/mol. The van der Waals surface area contributed by atoms with E-state index in [0.29, 0.717) is 24.4 Å². The van der Waals surface area contributed by atoms with E-state index in [1.807, 2.05) is 54.1 Å². The molecule has 5 heteroatoms. The first-order chi connectivity index (χ1) is 14.0. The van der Waals surface area contributed by atoms with Gasteiger partial charge in [-0.05, 0) is 36.1 Å². The van der Waals surface area contributed by atoms with Crippen molar-refractivity contribution in [3.63, 3.8) is 0 Å². The number of aromatic nitrogens is 3. The van der Waals surface area contributed by atoms with Gasteiger partial charge < -0.3 is 5.11 Å². The number of rotatable bonds is 8. The van der Waals surface area contributed by atoms with Crippen molar-refractivity contribution >= 4 is 5.97 Å². The van der Waals surface area contributed by atoms with Crippen LogP contribution in [0.3, 0.4) is 0 Å². The molecule has 0 saturated carbocycles. The average molecular weight is 389 g/mol. The summed E-state index contributed by atoms with van der Waals surface area (Å²) in [5.41, 5.74) is 3.04. The molecule has 0 aliphatic carbocycles. The third-order valence-corrected chi connectivity index (χ3v) is 5.12. The normalized spacial score (nSPS) is 12.4. The van der Waals surface area contributed by atoms with Crippen molar-refractivity contribution < 1.29 is 9.90 Å². The van der Waals surface area contributed by atoms with Crippen LogP contribution in [0.4, 0.5) is 0 Å². The third kappa shape index (κ3) is 4.80. The van der Waals surface area contributed by atoms with Crippen LogP contribution in [-0.4, -0.2) is 25.8 Å². The molecule has 150 valence electrons. The van der Waals surface area contributed by atoms with Crippen molar-refractivity contribution in [2.45, 2.75) is 46.1 Å². The monoisotopic (exact) mass is 389 g/mol. The van der Waals surface area contributed by atoms with Gasteiger partial charge in [0.25, 0.3) is 0 Å². The predicted octanol–water partition coefficient (Wildman–Crippen LogP) is 5.32. The van der Waals surface area contributed by atoms with Crippen molar-refractivity contribution in [1.82, 2.24) is 14.8 Å². The van der Waals surface area contributed by atoms with Gasteiger partial charge in [-0.25, -0.2) is 14.5 Å². The summed E-state index contributed by atoms with van der Waals surface area (Å²) >= 11 is 0. The standard InChI is InChI=1S/C24H27N3O2/c1-4-6-15-27-22(25-23(26-27)17(3)5-2)16-18-11-13-19(14-12-18)20-9-7-8-10-21(20)24(28)29/h4,6-14,17H,5,15-16H2,1-3H3,(H,28,29). The molecule has 1 heterocycles. The third-order valence-electron chi connectivity index (χ3n) is 5.12.